The summed E-state index contributed by atoms with van der Waals surface area (Å²) in [5.74, 6) is -0.759. The number of nitrogens with zero attached hydrogens (tertiary/aromatic N) is 1. The molecular weight excluding hydrogens is 455 g/mol. The smallest absolute Gasteiger partial charge is 0.238 e. The van der Waals surface area contributed by atoms with Gasteiger partial charge in [0, 0.05) is 0 Å². The lowest BCUT2D eigenvalue weighted by Crippen LogP contribution is -2.36. The molecule has 0 saturated carbocycles. The van der Waals surface area contributed by atoms with E-state index in [0.29, 0.717) is 10.7 Å². The molecule has 2 aromatic carbocycles. The third kappa shape index (κ3) is 6.14. The number of para-hydroxylation sites is 1. The molecule has 0 spiro atoms. The van der Waals surface area contributed by atoms with Gasteiger partial charge in [-0.05, 0) is 25.2 Å². The Morgan fingerprint density at radius 2 is 1.37 bits per heavy atom. The minimum Gasteiger partial charge on any atom is -0.324 e. The minimum absolute atomic E-state index is 0.0313. The van der Waals surface area contributed by atoms with E-state index < -0.39 is 5.91 Å². The van der Waals surface area contributed by atoms with Gasteiger partial charge < -0.3 is 10.6 Å². The molecule has 0 fully saturated rings. The van der Waals surface area contributed by atoms with Crippen LogP contribution in [-0.2, 0) is 9.59 Å². The fraction of sp³-hybridized carbons (Fsp3) is 0.176. The molecule has 0 aliphatic carbocycles. The van der Waals surface area contributed by atoms with Crippen molar-refractivity contribution in [3.8, 4) is 0 Å². The number of hydrogen-bond donors (Lipinski definition) is 2. The maximum Gasteiger partial charge on any atom is 0.238 e. The lowest BCUT2D eigenvalue weighted by Gasteiger charge is -2.17. The van der Waals surface area contributed by atoms with Crippen molar-refractivity contribution in [3.05, 3.63) is 55.4 Å². The van der Waals surface area contributed by atoms with E-state index in [1.807, 2.05) is 0 Å². The molecule has 0 saturated heterocycles. The molecule has 2 aromatic rings. The van der Waals surface area contributed by atoms with Crippen molar-refractivity contribution in [3.63, 3.8) is 0 Å². The van der Waals surface area contributed by atoms with Gasteiger partial charge in [-0.1, -0.05) is 70.1 Å². The molecule has 0 radical (unpaired) electrons. The topological polar surface area (TPSA) is 61.4 Å². The van der Waals surface area contributed by atoms with Crippen LogP contribution in [-0.4, -0.2) is 36.9 Å². The van der Waals surface area contributed by atoms with Crippen molar-refractivity contribution in [1.82, 2.24) is 4.90 Å². The third-order valence-electron chi connectivity index (χ3n) is 3.35. The van der Waals surface area contributed by atoms with Gasteiger partial charge in [0.1, 0.15) is 0 Å². The number of anilines is 2. The van der Waals surface area contributed by atoms with Gasteiger partial charge in [-0.3, -0.25) is 14.5 Å². The van der Waals surface area contributed by atoms with Crippen molar-refractivity contribution in [2.45, 2.75) is 0 Å². The molecule has 2 N–H and O–H groups in total. The van der Waals surface area contributed by atoms with E-state index in [-0.39, 0.29) is 44.8 Å². The Kier molecular flexibility index (Phi) is 8.04. The largest absolute Gasteiger partial charge is 0.324 e. The lowest BCUT2D eigenvalue weighted by atomic mass is 10.3. The number of halogens is 5. The first-order valence-electron chi connectivity index (χ1n) is 7.54. The average Bonchev–Trinajstić information content (AvgIpc) is 2.58. The molecule has 27 heavy (non-hydrogen) atoms. The van der Waals surface area contributed by atoms with Gasteiger partial charge in [0.25, 0.3) is 0 Å². The standard InChI is InChI=1S/C17H14Cl5N3O2/c1-25(7-13(26)23-12-5-3-2-4-9(12)18)8-14(27)24-17-15(21)10(19)6-11(20)16(17)22/h2-6H,7-8H2,1H3,(H,23,26)(H,24,27). The summed E-state index contributed by atoms with van der Waals surface area (Å²) in [6.45, 7) is -0.122. The van der Waals surface area contributed by atoms with Gasteiger partial charge in [0.15, 0.2) is 0 Å². The number of carbonyl (C=O) groups excluding carboxylic acids is 2. The van der Waals surface area contributed by atoms with Crippen LogP contribution in [0.4, 0.5) is 11.4 Å². The molecule has 0 aromatic heterocycles. The SMILES string of the molecule is CN(CC(=O)Nc1ccccc1Cl)CC(=O)Nc1c(Cl)c(Cl)cc(Cl)c1Cl. The molecule has 0 heterocycles. The highest BCUT2D eigenvalue weighted by atomic mass is 35.5. The Bertz CT molecular complexity index is 850. The monoisotopic (exact) mass is 467 g/mol. The van der Waals surface area contributed by atoms with E-state index >= 15 is 0 Å². The molecule has 2 rings (SSSR count). The number of nitrogens with one attached hydrogen (secondary N) is 2. The molecule has 0 aliphatic rings. The first-order chi connectivity index (χ1) is 12.7. The predicted octanol–water partition coefficient (Wildman–Crippen LogP) is 5.46. The number of rotatable bonds is 6. The Balaban J connectivity index is 1.94. The second kappa shape index (κ2) is 9.82. The summed E-state index contributed by atoms with van der Waals surface area (Å²) in [6, 6.07) is 8.24. The lowest BCUT2D eigenvalue weighted by molar-refractivity contribution is -0.119. The summed E-state index contributed by atoms with van der Waals surface area (Å²) in [4.78, 5) is 25.8. The fourth-order valence-corrected chi connectivity index (χ4v) is 3.25. The number of amides is 2. The minimum atomic E-state index is -0.440. The summed E-state index contributed by atoms with van der Waals surface area (Å²) in [5, 5.41) is 6.14. The van der Waals surface area contributed by atoms with E-state index in [0.717, 1.165) is 0 Å². The van der Waals surface area contributed by atoms with Gasteiger partial charge in [-0.25, -0.2) is 0 Å². The van der Waals surface area contributed by atoms with Crippen LogP contribution in [0.5, 0.6) is 0 Å². The molecule has 144 valence electrons. The van der Waals surface area contributed by atoms with E-state index in [4.69, 9.17) is 58.0 Å². The zero-order valence-electron chi connectivity index (χ0n) is 14.0. The number of carbonyl (C=O) groups is 2. The molecule has 2 amide bonds. The van der Waals surface area contributed by atoms with Crippen molar-refractivity contribution in [1.29, 1.82) is 0 Å². The Morgan fingerprint density at radius 3 is 1.93 bits per heavy atom. The van der Waals surface area contributed by atoms with Crippen LogP contribution < -0.4 is 10.6 Å². The molecule has 0 aliphatic heterocycles. The van der Waals surface area contributed by atoms with Crippen molar-refractivity contribution in [2.24, 2.45) is 0 Å². The molecule has 10 heteroatoms. The maximum absolute atomic E-state index is 12.2. The van der Waals surface area contributed by atoms with E-state index in [1.165, 1.54) is 11.0 Å². The van der Waals surface area contributed by atoms with Crippen molar-refractivity contribution < 1.29 is 9.59 Å². The predicted molar refractivity (Wildman–Crippen MR) is 113 cm³/mol. The molecule has 0 atom stereocenters. The van der Waals surface area contributed by atoms with Crippen molar-refractivity contribution in [2.75, 3.05) is 30.8 Å². The van der Waals surface area contributed by atoms with E-state index in [2.05, 4.69) is 10.6 Å². The summed E-state index contributed by atoms with van der Waals surface area (Å²) in [6.07, 6.45) is 0. The summed E-state index contributed by atoms with van der Waals surface area (Å²) < 4.78 is 0. The highest BCUT2D eigenvalue weighted by molar-refractivity contribution is 6.50. The van der Waals surface area contributed by atoms with Crippen LogP contribution in [0.1, 0.15) is 0 Å². The van der Waals surface area contributed by atoms with Crippen LogP contribution in [0.2, 0.25) is 25.1 Å². The first kappa shape index (κ1) is 22.1. The number of hydrogen-bond acceptors (Lipinski definition) is 3. The number of benzene rings is 2. The van der Waals surface area contributed by atoms with Crippen LogP contribution in [0, 0.1) is 0 Å². The van der Waals surface area contributed by atoms with Gasteiger partial charge in [0.05, 0.1) is 49.6 Å². The van der Waals surface area contributed by atoms with Gasteiger partial charge in [0.2, 0.25) is 11.8 Å². The van der Waals surface area contributed by atoms with Crippen LogP contribution in [0.15, 0.2) is 30.3 Å². The second-order valence-corrected chi connectivity index (χ2v) is 7.57. The third-order valence-corrected chi connectivity index (χ3v) is 5.26. The molecule has 0 unspecified atom stereocenters. The number of likely N-dealkylation sites (N-methyl/N-ethyl adjacent to an activating group) is 1. The zero-order chi connectivity index (χ0) is 20.1. The summed E-state index contributed by atoms with van der Waals surface area (Å²) in [7, 11) is 1.61. The van der Waals surface area contributed by atoms with Crippen LogP contribution in [0.3, 0.4) is 0 Å². The van der Waals surface area contributed by atoms with Gasteiger partial charge in [-0.15, -0.1) is 0 Å². The maximum atomic E-state index is 12.2. The Hall–Kier alpha value is -1.21. The quantitative estimate of drug-likeness (QED) is 0.552. The highest BCUT2D eigenvalue weighted by Gasteiger charge is 2.18. The molecule has 0 bridgehead atoms. The van der Waals surface area contributed by atoms with Crippen LogP contribution >= 0.6 is 58.0 Å². The van der Waals surface area contributed by atoms with Crippen LogP contribution in [0.25, 0.3) is 0 Å². The highest BCUT2D eigenvalue weighted by Crippen LogP contribution is 2.40. The Labute approximate surface area is 181 Å². The molecular formula is C17H14Cl5N3O2. The fourth-order valence-electron chi connectivity index (χ4n) is 2.16. The summed E-state index contributed by atoms with van der Waals surface area (Å²) in [5.41, 5.74) is 0.615. The first-order valence-corrected chi connectivity index (χ1v) is 9.43. The van der Waals surface area contributed by atoms with Gasteiger partial charge in [-0.2, -0.15) is 0 Å². The normalized spacial score (nSPS) is 10.8. The van der Waals surface area contributed by atoms with Gasteiger partial charge >= 0.3 is 0 Å². The van der Waals surface area contributed by atoms with Crippen molar-refractivity contribution >= 4 is 81.2 Å². The Morgan fingerprint density at radius 1 is 0.852 bits per heavy atom. The van der Waals surface area contributed by atoms with E-state index in [9.17, 15) is 9.59 Å². The average molecular weight is 470 g/mol. The molecule has 5 nitrogen and oxygen atoms in total. The zero-order valence-corrected chi connectivity index (χ0v) is 17.7. The summed E-state index contributed by atoms with van der Waals surface area (Å²) >= 11 is 30.0. The van der Waals surface area contributed by atoms with E-state index in [1.54, 1.807) is 31.3 Å². The second-order valence-electron chi connectivity index (χ2n) is 5.59.